The van der Waals surface area contributed by atoms with E-state index in [2.05, 4.69) is 0 Å². The number of phosphoric acid groups is 1. The second-order valence-electron chi connectivity index (χ2n) is 0.942. The van der Waals surface area contributed by atoms with Gasteiger partial charge in [-0.3, -0.25) is 0 Å². The summed E-state index contributed by atoms with van der Waals surface area (Å²) in [7, 11) is -4.64. The van der Waals surface area contributed by atoms with Gasteiger partial charge >= 0.3 is 12.9 Å². The highest BCUT2D eigenvalue weighted by Crippen LogP contribution is 2.25. The predicted molar refractivity (Wildman–Crippen MR) is 29.2 cm³/mol. The van der Waals surface area contributed by atoms with Crippen LogP contribution >= 0.6 is 23.8 Å². The van der Waals surface area contributed by atoms with Crippen LogP contribution in [0.4, 0.5) is 13.2 Å². The molecular formula is CH3BrF3O4P. The molecule has 0 fully saturated rings. The second kappa shape index (κ2) is 4.30. The van der Waals surface area contributed by atoms with Gasteiger partial charge in [-0.05, 0) is 0 Å². The van der Waals surface area contributed by atoms with Crippen molar-refractivity contribution in [2.24, 2.45) is 0 Å². The normalized spacial score (nSPS) is 11.9. The van der Waals surface area contributed by atoms with E-state index < -0.39 is 12.9 Å². The van der Waals surface area contributed by atoms with E-state index in [0.717, 1.165) is 0 Å². The average Bonchev–Trinajstić information content (AvgIpc) is 1.12. The van der Waals surface area contributed by atoms with Crippen LogP contribution < -0.4 is 0 Å². The van der Waals surface area contributed by atoms with Crippen LogP contribution in [0.25, 0.3) is 0 Å². The molecule has 0 aliphatic rings. The van der Waals surface area contributed by atoms with Gasteiger partial charge in [-0.15, -0.1) is 0 Å². The van der Waals surface area contributed by atoms with Gasteiger partial charge in [-0.1, -0.05) is 0 Å². The lowest BCUT2D eigenvalue weighted by molar-refractivity contribution is -0.0245. The van der Waals surface area contributed by atoms with Crippen molar-refractivity contribution < 1.29 is 32.4 Å². The molecule has 0 aromatic rings. The van der Waals surface area contributed by atoms with Gasteiger partial charge in [0.05, 0.1) is 0 Å². The molecule has 0 saturated heterocycles. The summed E-state index contributed by atoms with van der Waals surface area (Å²) in [5.74, 6) is 0. The van der Waals surface area contributed by atoms with Crippen LogP contribution in [0.2, 0.25) is 0 Å². The highest BCUT2D eigenvalue weighted by molar-refractivity contribution is 9.09. The Labute approximate surface area is 62.0 Å². The van der Waals surface area contributed by atoms with Gasteiger partial charge in [0, 0.05) is 15.9 Å². The Kier molecular flexibility index (Phi) is 5.59. The first kappa shape index (κ1) is 13.0. The Hall–Kier alpha value is 0.380. The quantitative estimate of drug-likeness (QED) is 0.440. The molecule has 3 N–H and O–H groups in total. The van der Waals surface area contributed by atoms with Crippen LogP contribution in [0.3, 0.4) is 0 Å². The molecule has 0 unspecified atom stereocenters. The van der Waals surface area contributed by atoms with Crippen molar-refractivity contribution in [2.75, 3.05) is 0 Å². The van der Waals surface area contributed by atoms with E-state index in [-0.39, 0.29) is 0 Å². The second-order valence-corrected chi connectivity index (χ2v) is 2.87. The first-order valence-corrected chi connectivity index (χ1v) is 3.90. The Morgan fingerprint density at radius 3 is 1.20 bits per heavy atom. The van der Waals surface area contributed by atoms with E-state index in [1.807, 2.05) is 0 Å². The van der Waals surface area contributed by atoms with Gasteiger partial charge in [-0.25, -0.2) is 4.57 Å². The Bertz CT molecular complexity index is 113. The Morgan fingerprint density at radius 1 is 1.20 bits per heavy atom. The first-order valence-electron chi connectivity index (χ1n) is 1.54. The molecule has 0 amide bonds. The zero-order chi connectivity index (χ0) is 9.00. The van der Waals surface area contributed by atoms with Gasteiger partial charge in [0.1, 0.15) is 0 Å². The number of hydrogen-bond donors (Lipinski definition) is 3. The van der Waals surface area contributed by atoms with Crippen LogP contribution in [0.1, 0.15) is 0 Å². The van der Waals surface area contributed by atoms with E-state index >= 15 is 0 Å². The third kappa shape index (κ3) is 3160. The van der Waals surface area contributed by atoms with Crippen LogP contribution in [0.5, 0.6) is 0 Å². The van der Waals surface area contributed by atoms with Gasteiger partial charge in [0.15, 0.2) is 0 Å². The summed E-state index contributed by atoms with van der Waals surface area (Å²) < 4.78 is 39.7. The number of rotatable bonds is 0. The lowest BCUT2D eigenvalue weighted by Gasteiger charge is -1.85. The first-order chi connectivity index (χ1) is 4.00. The van der Waals surface area contributed by atoms with Crippen molar-refractivity contribution >= 4 is 23.8 Å². The van der Waals surface area contributed by atoms with E-state index in [1.54, 1.807) is 0 Å². The molecule has 0 radical (unpaired) electrons. The molecule has 0 saturated carbocycles. The van der Waals surface area contributed by atoms with E-state index in [4.69, 9.17) is 19.2 Å². The molecule has 64 valence electrons. The summed E-state index contributed by atoms with van der Waals surface area (Å²) in [5, 5.41) is -4.19. The fourth-order valence-corrected chi connectivity index (χ4v) is 0. The van der Waals surface area contributed by atoms with Crippen molar-refractivity contribution in [3.8, 4) is 0 Å². The van der Waals surface area contributed by atoms with E-state index in [0.29, 0.717) is 0 Å². The molecule has 0 aliphatic carbocycles. The monoisotopic (exact) mass is 246 g/mol. The van der Waals surface area contributed by atoms with Crippen molar-refractivity contribution in [3.63, 3.8) is 0 Å². The highest BCUT2D eigenvalue weighted by Gasteiger charge is 2.19. The van der Waals surface area contributed by atoms with Crippen molar-refractivity contribution in [1.29, 1.82) is 0 Å². The molecule has 0 aromatic heterocycles. The van der Waals surface area contributed by atoms with Crippen molar-refractivity contribution in [2.45, 2.75) is 5.09 Å². The summed E-state index contributed by atoms with van der Waals surface area (Å²) >= 11 is 1.38. The molecule has 0 heterocycles. The highest BCUT2D eigenvalue weighted by atomic mass is 79.9. The maximum atomic E-state index is 10.3. The van der Waals surface area contributed by atoms with Crippen LogP contribution in [-0.4, -0.2) is 19.8 Å². The van der Waals surface area contributed by atoms with Crippen LogP contribution in [0.15, 0.2) is 0 Å². The van der Waals surface area contributed by atoms with Crippen LogP contribution in [-0.2, 0) is 4.57 Å². The molecule has 0 spiro atoms. The SMILES string of the molecule is FC(F)(F)Br.O=P(O)(O)O. The third-order valence-electron chi connectivity index (χ3n) is 0. The average molecular weight is 247 g/mol. The topological polar surface area (TPSA) is 77.8 Å². The zero-order valence-electron chi connectivity index (χ0n) is 4.21. The zero-order valence-corrected chi connectivity index (χ0v) is 6.69. The molecule has 0 bridgehead atoms. The van der Waals surface area contributed by atoms with Gasteiger partial charge in [-0.2, -0.15) is 13.2 Å². The van der Waals surface area contributed by atoms with Gasteiger partial charge in [0.25, 0.3) is 0 Å². The lowest BCUT2D eigenvalue weighted by Crippen LogP contribution is -1.88. The van der Waals surface area contributed by atoms with Crippen molar-refractivity contribution in [3.05, 3.63) is 0 Å². The molecule has 0 rings (SSSR count). The largest absolute Gasteiger partial charge is 0.466 e. The minimum absolute atomic E-state index is 1.38. The lowest BCUT2D eigenvalue weighted by atomic mass is 11.6. The standard InChI is InChI=1S/CBrF3.H3O4P/c2-1(3,4)5;1-5(2,3)4/h;(H3,1,2,3,4). The molecular weight excluding hydrogens is 244 g/mol. The van der Waals surface area contributed by atoms with Gasteiger partial charge < -0.3 is 14.7 Å². The van der Waals surface area contributed by atoms with Crippen LogP contribution in [0, 0.1) is 0 Å². The summed E-state index contributed by atoms with van der Waals surface area (Å²) in [6.45, 7) is 0. The molecule has 0 atom stereocenters. The van der Waals surface area contributed by atoms with Crippen molar-refractivity contribution in [1.82, 2.24) is 0 Å². The minimum Gasteiger partial charge on any atom is -0.303 e. The van der Waals surface area contributed by atoms with Gasteiger partial charge in [0.2, 0.25) is 0 Å². The molecule has 0 aromatic carbocycles. The minimum atomic E-state index is -4.64. The number of halogens is 4. The molecule has 10 heavy (non-hydrogen) atoms. The molecule has 4 nitrogen and oxygen atoms in total. The summed E-state index contributed by atoms with van der Waals surface area (Å²) in [5.41, 5.74) is 0. The molecule has 0 aliphatic heterocycles. The molecule has 9 heteroatoms. The smallest absolute Gasteiger partial charge is 0.303 e. The number of hydrogen-bond acceptors (Lipinski definition) is 1. The van der Waals surface area contributed by atoms with E-state index in [9.17, 15) is 13.2 Å². The fraction of sp³-hybridized carbons (Fsp3) is 1.00. The maximum Gasteiger partial charge on any atom is 0.466 e. The summed E-state index contributed by atoms with van der Waals surface area (Å²) in [6, 6.07) is 0. The maximum absolute atomic E-state index is 10.3. The Morgan fingerprint density at radius 2 is 1.20 bits per heavy atom. The summed E-state index contributed by atoms with van der Waals surface area (Å²) in [6.07, 6.45) is 0. The number of alkyl halides is 4. The third-order valence-corrected chi connectivity index (χ3v) is 0. The summed E-state index contributed by atoms with van der Waals surface area (Å²) in [4.78, 5) is 21.6. The fourth-order valence-electron chi connectivity index (χ4n) is 0. The Balaban J connectivity index is 0. The van der Waals surface area contributed by atoms with E-state index in [1.165, 1.54) is 15.9 Å². The predicted octanol–water partition coefficient (Wildman–Crippen LogP) is 0.973.